The number of methoxy groups -OCH3 is 1. The summed E-state index contributed by atoms with van der Waals surface area (Å²) in [6.45, 7) is -1.22. The summed E-state index contributed by atoms with van der Waals surface area (Å²) in [5, 5.41) is 3.41. The third kappa shape index (κ3) is 6.23. The van der Waals surface area contributed by atoms with Gasteiger partial charge in [0, 0.05) is 37.2 Å². The van der Waals surface area contributed by atoms with Gasteiger partial charge in [0.15, 0.2) is 11.6 Å². The molecule has 1 unspecified atom stereocenters. The Morgan fingerprint density at radius 3 is 2.74 bits per heavy atom. The van der Waals surface area contributed by atoms with Crippen LogP contribution >= 0.6 is 0 Å². The van der Waals surface area contributed by atoms with Gasteiger partial charge in [-0.2, -0.15) is 13.2 Å². The molecule has 3 rings (SSSR count). The molecule has 8 nitrogen and oxygen atoms in total. The van der Waals surface area contributed by atoms with E-state index >= 15 is 0 Å². The van der Waals surface area contributed by atoms with Gasteiger partial charge in [0.05, 0.1) is 28.3 Å². The van der Waals surface area contributed by atoms with Crippen molar-refractivity contribution in [3.8, 4) is 5.75 Å². The molecule has 13 heteroatoms. The third-order valence-corrected chi connectivity index (χ3v) is 6.61. The van der Waals surface area contributed by atoms with E-state index in [1.807, 2.05) is 0 Å². The van der Waals surface area contributed by atoms with Crippen LogP contribution in [0.5, 0.6) is 5.75 Å². The summed E-state index contributed by atoms with van der Waals surface area (Å²) in [5.74, 6) is -1.62. The Bertz CT molecular complexity index is 1270. The van der Waals surface area contributed by atoms with Gasteiger partial charge in [0.25, 0.3) is 11.5 Å². The first kappa shape index (κ1) is 25.4. The van der Waals surface area contributed by atoms with Crippen molar-refractivity contribution in [2.24, 2.45) is 0 Å². The number of hydrogen-bond acceptors (Lipinski definition) is 6. The summed E-state index contributed by atoms with van der Waals surface area (Å²) >= 11 is 0. The molecule has 0 saturated carbocycles. The monoisotopic (exact) mass is 502 g/mol. The number of aromatic nitrogens is 1. The normalized spacial score (nSPS) is 16.1. The highest BCUT2D eigenvalue weighted by Crippen LogP contribution is 2.23. The number of nitrogens with zero attached hydrogens (tertiary/aromatic N) is 1. The molecule has 0 radical (unpaired) electrons. The number of amides is 1. The van der Waals surface area contributed by atoms with E-state index in [9.17, 15) is 31.4 Å². The van der Waals surface area contributed by atoms with Gasteiger partial charge in [-0.15, -0.1) is 0 Å². The third-order valence-electron chi connectivity index (χ3n) is 5.08. The second-order valence-corrected chi connectivity index (χ2v) is 9.52. The Hall–Kier alpha value is -3.19. The van der Waals surface area contributed by atoms with Gasteiger partial charge in [-0.1, -0.05) is 6.08 Å². The van der Waals surface area contributed by atoms with Crippen LogP contribution in [0.2, 0.25) is 0 Å². The summed E-state index contributed by atoms with van der Waals surface area (Å²) in [7, 11) is -2.24. The smallest absolute Gasteiger partial charge is 0.401 e. The highest BCUT2D eigenvalue weighted by atomic mass is 32.2. The summed E-state index contributed by atoms with van der Waals surface area (Å²) in [4.78, 5) is 28.3. The number of rotatable bonds is 7. The fraction of sp³-hybridized carbons (Fsp3) is 0.333. The van der Waals surface area contributed by atoms with Crippen molar-refractivity contribution in [2.75, 3.05) is 26.7 Å². The van der Waals surface area contributed by atoms with Crippen LogP contribution in [0.25, 0.3) is 0 Å². The predicted octanol–water partition coefficient (Wildman–Crippen LogP) is 2.79. The molecule has 34 heavy (non-hydrogen) atoms. The van der Waals surface area contributed by atoms with Crippen LogP contribution in [-0.2, 0) is 22.7 Å². The number of halogens is 4. The van der Waals surface area contributed by atoms with Crippen LogP contribution in [0.3, 0.4) is 0 Å². The van der Waals surface area contributed by atoms with Crippen LogP contribution in [0.1, 0.15) is 21.6 Å². The first-order valence-corrected chi connectivity index (χ1v) is 11.6. The van der Waals surface area contributed by atoms with E-state index in [4.69, 9.17) is 9.52 Å². The zero-order valence-electron chi connectivity index (χ0n) is 18.0. The minimum absolute atomic E-state index is 0.0630. The van der Waals surface area contributed by atoms with Crippen LogP contribution < -0.4 is 15.6 Å². The lowest BCUT2D eigenvalue weighted by atomic mass is 10.0. The fourth-order valence-electron chi connectivity index (χ4n) is 3.47. The Kier molecular flexibility index (Phi) is 7.46. The molecule has 0 spiro atoms. The standard InChI is InChI=1S/C21H22F4N4O4S/c1-33-18-4-3-14(10-16(18)22)34(26,32)8-2-6-27-19(30)15-9-13-11-29(12-21(23,24)25)7-5-17(13)28-20(15)31/h2-4,8-10,26H,5-7,11-12H2,1H3,(H,27,30)(H,28,31)/b8-2+. The first-order chi connectivity index (χ1) is 15.9. The maximum Gasteiger partial charge on any atom is 0.401 e. The molecule has 1 aromatic heterocycles. The zero-order valence-corrected chi connectivity index (χ0v) is 18.8. The Morgan fingerprint density at radius 2 is 2.09 bits per heavy atom. The van der Waals surface area contributed by atoms with Crippen molar-refractivity contribution in [1.82, 2.24) is 15.2 Å². The lowest BCUT2D eigenvalue weighted by molar-refractivity contribution is -0.147. The molecule has 1 aliphatic heterocycles. The molecular formula is C21H22F4N4O4S. The molecule has 184 valence electrons. The summed E-state index contributed by atoms with van der Waals surface area (Å²) in [6, 6.07) is 4.72. The van der Waals surface area contributed by atoms with Gasteiger partial charge in [0.1, 0.15) is 5.56 Å². The predicted molar refractivity (Wildman–Crippen MR) is 116 cm³/mol. The summed E-state index contributed by atoms with van der Waals surface area (Å²) < 4.78 is 77.1. The number of aromatic amines is 1. The van der Waals surface area contributed by atoms with E-state index in [1.165, 1.54) is 36.3 Å². The number of pyridine rings is 1. The number of ether oxygens (including phenoxy) is 1. The average molecular weight is 502 g/mol. The van der Waals surface area contributed by atoms with Gasteiger partial charge in [-0.3, -0.25) is 14.5 Å². The van der Waals surface area contributed by atoms with Crippen molar-refractivity contribution in [3.05, 3.63) is 68.7 Å². The van der Waals surface area contributed by atoms with Crippen LogP contribution in [0, 0.1) is 10.6 Å². The number of benzene rings is 1. The molecule has 3 N–H and O–H groups in total. The number of nitrogens with one attached hydrogen (secondary N) is 3. The number of carbonyl (C=O) groups is 1. The van der Waals surface area contributed by atoms with E-state index in [1.54, 1.807) is 0 Å². The molecule has 1 amide bonds. The van der Waals surface area contributed by atoms with E-state index in [2.05, 4.69) is 10.3 Å². The number of carbonyl (C=O) groups excluding carboxylic acids is 1. The lowest BCUT2D eigenvalue weighted by Gasteiger charge is -2.29. The zero-order chi connectivity index (χ0) is 25.1. The average Bonchev–Trinajstić information content (AvgIpc) is 2.75. The van der Waals surface area contributed by atoms with Gasteiger partial charge >= 0.3 is 6.18 Å². The van der Waals surface area contributed by atoms with Gasteiger partial charge in [0.2, 0.25) is 0 Å². The number of fused-ring (bicyclic) bond motifs is 1. The Labute approximate surface area is 192 Å². The Balaban J connectivity index is 1.66. The SMILES string of the molecule is COc1ccc(S(=N)(=O)/C=C/CNC(=O)c2cc3c([nH]c2=O)CCN(CC(F)(F)F)C3)cc1F. The van der Waals surface area contributed by atoms with Crippen LogP contribution in [-0.4, -0.2) is 52.9 Å². The number of H-pyrrole nitrogens is 1. The van der Waals surface area contributed by atoms with Gasteiger partial charge in [-0.25, -0.2) is 13.4 Å². The molecular weight excluding hydrogens is 480 g/mol. The number of alkyl halides is 3. The van der Waals surface area contributed by atoms with Crippen LogP contribution in [0.15, 0.2) is 45.4 Å². The Morgan fingerprint density at radius 1 is 1.35 bits per heavy atom. The topological polar surface area (TPSA) is 115 Å². The summed E-state index contributed by atoms with van der Waals surface area (Å²) in [6.07, 6.45) is -2.91. The molecule has 0 fully saturated rings. The molecule has 0 bridgehead atoms. The largest absolute Gasteiger partial charge is 0.494 e. The fourth-order valence-corrected chi connectivity index (χ4v) is 4.54. The van der Waals surface area contributed by atoms with E-state index in [0.29, 0.717) is 11.3 Å². The highest BCUT2D eigenvalue weighted by Gasteiger charge is 2.32. The first-order valence-electron chi connectivity index (χ1n) is 10.0. The quantitative estimate of drug-likeness (QED) is 0.504. The minimum atomic E-state index is -4.36. The van der Waals surface area contributed by atoms with E-state index in [-0.39, 0.29) is 42.3 Å². The second kappa shape index (κ2) is 9.97. The maximum absolute atomic E-state index is 13.8. The van der Waals surface area contributed by atoms with Crippen molar-refractivity contribution in [2.45, 2.75) is 24.0 Å². The van der Waals surface area contributed by atoms with E-state index in [0.717, 1.165) is 11.5 Å². The van der Waals surface area contributed by atoms with Crippen LogP contribution in [0.4, 0.5) is 17.6 Å². The lowest BCUT2D eigenvalue weighted by Crippen LogP contribution is -2.39. The second-order valence-electron chi connectivity index (χ2n) is 7.57. The molecule has 0 aliphatic carbocycles. The molecule has 1 aliphatic rings. The minimum Gasteiger partial charge on any atom is -0.494 e. The molecule has 2 aromatic rings. The summed E-state index contributed by atoms with van der Waals surface area (Å²) in [5.41, 5.74) is -0.0422. The maximum atomic E-state index is 13.8. The number of hydrogen-bond donors (Lipinski definition) is 3. The molecule has 1 atom stereocenters. The van der Waals surface area contributed by atoms with Crippen molar-refractivity contribution in [3.63, 3.8) is 0 Å². The van der Waals surface area contributed by atoms with Gasteiger partial charge < -0.3 is 15.0 Å². The van der Waals surface area contributed by atoms with Crippen molar-refractivity contribution >= 4 is 15.6 Å². The molecule has 1 aromatic carbocycles. The molecule has 2 heterocycles. The van der Waals surface area contributed by atoms with E-state index < -0.39 is 39.7 Å². The van der Waals surface area contributed by atoms with Crippen molar-refractivity contribution < 1.29 is 31.3 Å². The van der Waals surface area contributed by atoms with Gasteiger partial charge in [-0.05, 0) is 29.8 Å². The molecule has 0 saturated heterocycles. The van der Waals surface area contributed by atoms with Crippen molar-refractivity contribution in [1.29, 1.82) is 4.78 Å². The highest BCUT2D eigenvalue weighted by molar-refractivity contribution is 7.95.